The van der Waals surface area contributed by atoms with E-state index >= 15 is 0 Å². The highest BCUT2D eigenvalue weighted by Gasteiger charge is 2.23. The second kappa shape index (κ2) is 37.5. The fraction of sp³-hybridized carbons (Fsp3) is 0.298. The van der Waals surface area contributed by atoms with E-state index in [2.05, 4.69) is 108 Å². The van der Waals surface area contributed by atoms with Crippen molar-refractivity contribution in [3.05, 3.63) is 262 Å². The quantitative estimate of drug-likeness (QED) is 0.0188. The van der Waals surface area contributed by atoms with E-state index in [-0.39, 0.29) is 42.1 Å². The zero-order valence-corrected chi connectivity index (χ0v) is 60.8. The summed E-state index contributed by atoms with van der Waals surface area (Å²) >= 11 is 4.38. The third-order valence-electron chi connectivity index (χ3n) is 18.7. The summed E-state index contributed by atoms with van der Waals surface area (Å²) in [5.74, 6) is 5.01. The Kier molecular flexibility index (Phi) is 26.6. The molecule has 2 aliphatic carbocycles. The van der Waals surface area contributed by atoms with Crippen LogP contribution in [0, 0.1) is 11.8 Å². The zero-order chi connectivity index (χ0) is 71.8. The van der Waals surface area contributed by atoms with Gasteiger partial charge in [-0.3, -0.25) is 14.4 Å². The number of aliphatic hydroxyl groups is 3. The number of benzene rings is 4. The average Bonchev–Trinajstić information content (AvgIpc) is 1.56. The van der Waals surface area contributed by atoms with Gasteiger partial charge in [0.1, 0.15) is 11.5 Å². The number of ketones is 3. The van der Waals surface area contributed by atoms with Crippen LogP contribution in [0.15, 0.2) is 222 Å². The normalized spacial score (nSPS) is 15.9. The van der Waals surface area contributed by atoms with Gasteiger partial charge in [0.25, 0.3) is 0 Å². The highest BCUT2D eigenvalue weighted by Crippen LogP contribution is 2.35. The fourth-order valence-electron chi connectivity index (χ4n) is 13.0. The lowest BCUT2D eigenvalue weighted by Crippen LogP contribution is -2.19. The van der Waals surface area contributed by atoms with E-state index in [1.807, 2.05) is 121 Å². The predicted octanol–water partition coefficient (Wildman–Crippen LogP) is 19.5. The smallest absolute Gasteiger partial charge is 0.227 e. The van der Waals surface area contributed by atoms with Gasteiger partial charge < -0.3 is 40.1 Å². The van der Waals surface area contributed by atoms with Crippen LogP contribution in [-0.4, -0.2) is 81.4 Å². The number of nitrogens with zero attached hydrogens (tertiary/aromatic N) is 6. The number of hydrogen-bond acceptors (Lipinski definition) is 20. The van der Waals surface area contributed by atoms with Gasteiger partial charge in [0.05, 0.1) is 71.1 Å². The van der Waals surface area contributed by atoms with E-state index < -0.39 is 0 Å². The largest absolute Gasteiger partial charge is 0.469 e. The molecule has 0 bridgehead atoms. The second-order valence-electron chi connectivity index (χ2n) is 26.6. The van der Waals surface area contributed by atoms with Gasteiger partial charge >= 0.3 is 0 Å². The summed E-state index contributed by atoms with van der Waals surface area (Å²) in [6.45, 7) is 2.32. The first-order valence-corrected chi connectivity index (χ1v) is 38.4. The lowest BCUT2D eigenvalue weighted by molar-refractivity contribution is 0.0973. The van der Waals surface area contributed by atoms with Crippen molar-refractivity contribution in [1.82, 2.24) is 29.9 Å². The van der Waals surface area contributed by atoms with Crippen LogP contribution in [0.25, 0.3) is 31.7 Å². The minimum Gasteiger partial charge on any atom is -0.469 e. The number of Topliss-reactive ketones (excluding diaryl/α,β-unsaturated/α-hetero) is 3. The highest BCUT2D eigenvalue weighted by molar-refractivity contribution is 7.18. The Bertz CT molecular complexity index is 4670. The van der Waals surface area contributed by atoms with Gasteiger partial charge in [-0.25, -0.2) is 29.9 Å². The SMILES string of the molecule is C[C@@H](CC(=O)c1ccc(-c2ccnc(Nc3cccc(CC4CCC(O)CC4)c3)n2)s1)c1ccccc1.O=C(CCc1ccco1)c1ccc(-c2ccnc(Nc3cccc(CC4CCC(O)CC4)c3)n2)s1.O=C(CCc1ccco1)c1ccc(-c2ccnc(Nc3cccc(CCCCO)c3)n2)s1. The van der Waals surface area contributed by atoms with E-state index in [4.69, 9.17) is 18.9 Å². The van der Waals surface area contributed by atoms with Gasteiger partial charge in [-0.05, 0) is 239 Å². The summed E-state index contributed by atoms with van der Waals surface area (Å²) in [7, 11) is 0. The molecule has 1 atom stereocenters. The molecule has 2 fully saturated rings. The topological polar surface area (TPSA) is 252 Å². The Labute approximate surface area is 619 Å². The number of nitrogens with one attached hydrogen (secondary N) is 3. The summed E-state index contributed by atoms with van der Waals surface area (Å²) in [4.78, 5) is 70.2. The Balaban J connectivity index is 0.000000147. The molecular weight excluding hydrogens is 1360 g/mol. The minimum atomic E-state index is -0.122. The van der Waals surface area contributed by atoms with Crippen molar-refractivity contribution in [3.63, 3.8) is 0 Å². The fourth-order valence-corrected chi connectivity index (χ4v) is 15.8. The molecule has 12 aromatic rings. The van der Waals surface area contributed by atoms with Crippen LogP contribution in [0.1, 0.15) is 159 Å². The van der Waals surface area contributed by atoms with Gasteiger partial charge in [-0.1, -0.05) is 73.7 Å². The average molecular weight is 1450 g/mol. The molecule has 8 heterocycles. The van der Waals surface area contributed by atoms with Gasteiger partial charge in [0, 0.05) is 74.4 Å². The number of aromatic nitrogens is 6. The first-order chi connectivity index (χ1) is 50.9. The molecule has 534 valence electrons. The van der Waals surface area contributed by atoms with Crippen LogP contribution in [0.5, 0.6) is 0 Å². The van der Waals surface area contributed by atoms with Crippen LogP contribution < -0.4 is 16.0 Å². The van der Waals surface area contributed by atoms with Crippen LogP contribution in [0.4, 0.5) is 34.9 Å². The van der Waals surface area contributed by atoms with E-state index in [9.17, 15) is 24.6 Å². The Morgan fingerprint density at radius 1 is 0.452 bits per heavy atom. The molecule has 2 aliphatic rings. The Hall–Kier alpha value is -9.93. The highest BCUT2D eigenvalue weighted by atomic mass is 32.1. The van der Waals surface area contributed by atoms with Crippen LogP contribution in [0.2, 0.25) is 0 Å². The standard InChI is InChI=1S/C31H33N3O2S.C28H29N3O3S.C25H25N3O3S/c1-21(24-7-3-2-4-8-24)18-28(36)30-15-14-29(37-30)27-16-17-32-31(34-27)33-25-9-5-6-23(20-25)19-22-10-12-26(35)13-11-22;32-22-8-6-19(7-9-22)17-20-3-1-4-21(18-20)30-28-29-15-14-24(31-28)26-12-13-27(35-26)25(33)11-10-23-5-2-16-34-23;29-15-2-1-5-18-6-3-7-19(17-18)27-25-26-14-13-21(28-25)23-11-12-24(32-23)22(30)10-9-20-8-4-16-31-20/h2-9,14-17,20-22,26,35H,10-13,18-19H2,1H3,(H,32,33,34);1-5,12-16,18-19,22,32H,6-11,17H2,(H,29,30,31);3-4,6-8,11-14,16-17,29H,1-2,5,9-10,15H2,(H,26,27,28)/t21-,22?,26?;;/m0../s1. The van der Waals surface area contributed by atoms with E-state index in [1.54, 1.807) is 31.1 Å². The summed E-state index contributed by atoms with van der Waals surface area (Å²) in [6.07, 6.45) is 23.4. The summed E-state index contributed by atoms with van der Waals surface area (Å²) in [5, 5.41) is 38.4. The molecule has 0 spiro atoms. The zero-order valence-electron chi connectivity index (χ0n) is 58.3. The summed E-state index contributed by atoms with van der Waals surface area (Å²) in [6, 6.07) is 59.6. The number of furan rings is 2. The molecular formula is C84H87N9O8S3. The van der Waals surface area contributed by atoms with Crippen LogP contribution in [0.3, 0.4) is 0 Å². The second-order valence-corrected chi connectivity index (χ2v) is 29.9. The van der Waals surface area contributed by atoms with Crippen molar-refractivity contribution in [3.8, 4) is 31.7 Å². The van der Waals surface area contributed by atoms with Crippen molar-refractivity contribution in [2.45, 2.75) is 141 Å². The van der Waals surface area contributed by atoms with Crippen LogP contribution in [-0.2, 0) is 32.1 Å². The lowest BCUT2D eigenvalue weighted by atomic mass is 9.83. The molecule has 104 heavy (non-hydrogen) atoms. The van der Waals surface area contributed by atoms with Gasteiger partial charge in [-0.2, -0.15) is 0 Å². The summed E-state index contributed by atoms with van der Waals surface area (Å²) < 4.78 is 10.6. The van der Waals surface area contributed by atoms with Crippen molar-refractivity contribution in [2.24, 2.45) is 11.8 Å². The number of carbonyl (C=O) groups excluding carboxylic acids is 3. The summed E-state index contributed by atoms with van der Waals surface area (Å²) in [5.41, 5.74) is 10.1. The van der Waals surface area contributed by atoms with Gasteiger partial charge in [0.2, 0.25) is 17.8 Å². The number of carbonyl (C=O) groups is 3. The third-order valence-corrected chi connectivity index (χ3v) is 22.1. The molecule has 6 N–H and O–H groups in total. The number of thiophene rings is 3. The number of anilines is 6. The molecule has 0 amide bonds. The third kappa shape index (κ3) is 22.1. The number of unbranched alkanes of at least 4 members (excludes halogenated alkanes) is 1. The molecule has 14 rings (SSSR count). The van der Waals surface area contributed by atoms with Crippen molar-refractivity contribution >= 4 is 86.3 Å². The molecule has 0 radical (unpaired) electrons. The number of aryl methyl sites for hydroxylation is 3. The molecule has 8 aromatic heterocycles. The van der Waals surface area contributed by atoms with Gasteiger partial charge in [0.15, 0.2) is 17.3 Å². The molecule has 0 unspecified atom stereocenters. The lowest BCUT2D eigenvalue weighted by Gasteiger charge is -2.25. The van der Waals surface area contributed by atoms with Gasteiger partial charge in [-0.15, -0.1) is 34.0 Å². The predicted molar refractivity (Wildman–Crippen MR) is 415 cm³/mol. The van der Waals surface area contributed by atoms with Crippen molar-refractivity contribution in [1.29, 1.82) is 0 Å². The van der Waals surface area contributed by atoms with Crippen LogP contribution >= 0.6 is 34.0 Å². The van der Waals surface area contributed by atoms with Crippen molar-refractivity contribution in [2.75, 3.05) is 22.6 Å². The Morgan fingerprint density at radius 2 is 0.865 bits per heavy atom. The molecule has 0 saturated heterocycles. The monoisotopic (exact) mass is 1450 g/mol. The maximum atomic E-state index is 12.9. The van der Waals surface area contributed by atoms with E-state index in [0.717, 1.165) is 158 Å². The van der Waals surface area contributed by atoms with E-state index in [1.165, 1.54) is 56.3 Å². The Morgan fingerprint density at radius 3 is 1.28 bits per heavy atom. The maximum Gasteiger partial charge on any atom is 0.227 e. The maximum absolute atomic E-state index is 12.9. The molecule has 2 saturated carbocycles. The number of hydrogen-bond donors (Lipinski definition) is 6. The number of aliphatic hydroxyl groups excluding tert-OH is 3. The first kappa shape index (κ1) is 73.8. The first-order valence-electron chi connectivity index (χ1n) is 35.9. The van der Waals surface area contributed by atoms with Crippen molar-refractivity contribution < 1.29 is 38.5 Å². The van der Waals surface area contributed by atoms with E-state index in [0.29, 0.717) is 61.8 Å². The molecule has 4 aromatic carbocycles. The number of rotatable bonds is 29. The molecule has 0 aliphatic heterocycles. The minimum absolute atomic E-state index is 0.100. The molecule has 17 nitrogen and oxygen atoms in total. The molecule has 20 heteroatoms.